The molecule has 0 saturated carbocycles. The number of methoxy groups -OCH3 is 2. The molecular weight excluding hydrogens is 452 g/mol. The van der Waals surface area contributed by atoms with Gasteiger partial charge in [-0.1, -0.05) is 25.9 Å². The first-order valence-corrected chi connectivity index (χ1v) is 11.6. The van der Waals surface area contributed by atoms with E-state index in [1.165, 1.54) is 11.3 Å². The number of aromatic nitrogens is 3. The molecule has 2 aromatic heterocycles. The SMILES string of the molecule is COc1ccc(-c2nc(CC(=O)Nc3ccc(-c4noc(C(C)(C)C)n4)cc3)cs2)cc1OC. The lowest BCUT2D eigenvalue weighted by Crippen LogP contribution is -2.14. The van der Waals surface area contributed by atoms with Crippen LogP contribution in [0.1, 0.15) is 32.4 Å². The van der Waals surface area contributed by atoms with Crippen molar-refractivity contribution in [3.05, 3.63) is 59.4 Å². The van der Waals surface area contributed by atoms with Crippen LogP contribution in [0.4, 0.5) is 5.69 Å². The molecule has 2 aromatic carbocycles. The van der Waals surface area contributed by atoms with Crippen molar-refractivity contribution < 1.29 is 18.8 Å². The fourth-order valence-electron chi connectivity index (χ4n) is 3.21. The molecule has 1 amide bonds. The number of hydrogen-bond acceptors (Lipinski definition) is 8. The zero-order chi connectivity index (χ0) is 24.3. The second-order valence-electron chi connectivity index (χ2n) is 8.69. The second kappa shape index (κ2) is 9.64. The summed E-state index contributed by atoms with van der Waals surface area (Å²) in [6, 6.07) is 13.0. The summed E-state index contributed by atoms with van der Waals surface area (Å²) in [7, 11) is 3.19. The quantitative estimate of drug-likeness (QED) is 0.382. The van der Waals surface area contributed by atoms with Gasteiger partial charge in [0.1, 0.15) is 5.01 Å². The summed E-state index contributed by atoms with van der Waals surface area (Å²) in [6.07, 6.45) is 0.172. The summed E-state index contributed by atoms with van der Waals surface area (Å²) < 4.78 is 16.0. The summed E-state index contributed by atoms with van der Waals surface area (Å²) in [5.74, 6) is 2.24. The van der Waals surface area contributed by atoms with E-state index in [-0.39, 0.29) is 17.7 Å². The Bertz CT molecular complexity index is 1290. The molecule has 2 heterocycles. The van der Waals surface area contributed by atoms with Crippen LogP contribution in [0.3, 0.4) is 0 Å². The molecule has 0 unspecified atom stereocenters. The van der Waals surface area contributed by atoms with E-state index < -0.39 is 0 Å². The van der Waals surface area contributed by atoms with Crippen molar-refractivity contribution in [1.82, 2.24) is 15.1 Å². The van der Waals surface area contributed by atoms with Gasteiger partial charge in [0.05, 0.1) is 26.3 Å². The van der Waals surface area contributed by atoms with Gasteiger partial charge in [-0.25, -0.2) is 4.98 Å². The zero-order valence-corrected chi connectivity index (χ0v) is 20.5. The molecule has 1 N–H and O–H groups in total. The molecule has 0 bridgehead atoms. The fraction of sp³-hybridized carbons (Fsp3) is 0.280. The lowest BCUT2D eigenvalue weighted by molar-refractivity contribution is -0.115. The van der Waals surface area contributed by atoms with Crippen LogP contribution in [0.2, 0.25) is 0 Å². The predicted molar refractivity (Wildman–Crippen MR) is 131 cm³/mol. The van der Waals surface area contributed by atoms with Crippen LogP contribution < -0.4 is 14.8 Å². The molecule has 0 saturated heterocycles. The summed E-state index contributed by atoms with van der Waals surface area (Å²) in [5.41, 5.74) is 2.89. The molecule has 0 aliphatic heterocycles. The van der Waals surface area contributed by atoms with Crippen molar-refractivity contribution in [3.63, 3.8) is 0 Å². The van der Waals surface area contributed by atoms with Crippen molar-refractivity contribution in [2.45, 2.75) is 32.6 Å². The molecule has 4 rings (SSSR count). The van der Waals surface area contributed by atoms with Crippen molar-refractivity contribution >= 4 is 22.9 Å². The summed E-state index contributed by atoms with van der Waals surface area (Å²) in [5, 5.41) is 9.65. The van der Waals surface area contributed by atoms with Gasteiger partial charge >= 0.3 is 0 Å². The maximum atomic E-state index is 12.6. The van der Waals surface area contributed by atoms with Gasteiger partial charge in [-0.15, -0.1) is 11.3 Å². The Hall–Kier alpha value is -3.72. The highest BCUT2D eigenvalue weighted by Crippen LogP contribution is 2.33. The third kappa shape index (κ3) is 5.26. The number of anilines is 1. The maximum Gasteiger partial charge on any atom is 0.232 e. The highest BCUT2D eigenvalue weighted by atomic mass is 32.1. The summed E-state index contributed by atoms with van der Waals surface area (Å²) in [6.45, 7) is 6.05. The molecule has 0 aliphatic carbocycles. The topological polar surface area (TPSA) is 99.4 Å². The highest BCUT2D eigenvalue weighted by molar-refractivity contribution is 7.13. The number of benzene rings is 2. The molecule has 0 radical (unpaired) electrons. The summed E-state index contributed by atoms with van der Waals surface area (Å²) in [4.78, 5) is 21.6. The van der Waals surface area contributed by atoms with Crippen LogP contribution >= 0.6 is 11.3 Å². The Kier molecular flexibility index (Phi) is 6.65. The molecule has 34 heavy (non-hydrogen) atoms. The van der Waals surface area contributed by atoms with E-state index >= 15 is 0 Å². The number of rotatable bonds is 7. The third-order valence-corrected chi connectivity index (χ3v) is 5.96. The van der Waals surface area contributed by atoms with E-state index in [2.05, 4.69) is 20.4 Å². The van der Waals surface area contributed by atoms with Crippen LogP contribution in [-0.4, -0.2) is 35.3 Å². The van der Waals surface area contributed by atoms with Gasteiger partial charge < -0.3 is 19.3 Å². The fourth-order valence-corrected chi connectivity index (χ4v) is 4.02. The standard InChI is InChI=1S/C25H26N4O4S/c1-25(2,3)24-28-22(29-33-24)15-6-9-17(10-7-15)26-21(30)13-18-14-34-23(27-18)16-8-11-19(31-4)20(12-16)32-5/h6-12,14H,13H2,1-5H3,(H,26,30). The van der Waals surface area contributed by atoms with E-state index in [4.69, 9.17) is 14.0 Å². The van der Waals surface area contributed by atoms with E-state index in [1.807, 2.05) is 68.6 Å². The van der Waals surface area contributed by atoms with Crippen LogP contribution in [0.15, 0.2) is 52.4 Å². The zero-order valence-electron chi connectivity index (χ0n) is 19.7. The number of nitrogens with zero attached hydrogens (tertiary/aromatic N) is 3. The van der Waals surface area contributed by atoms with Crippen molar-refractivity contribution in [1.29, 1.82) is 0 Å². The van der Waals surface area contributed by atoms with E-state index in [0.717, 1.165) is 16.1 Å². The number of hydrogen-bond donors (Lipinski definition) is 1. The molecule has 9 heteroatoms. The van der Waals surface area contributed by atoms with Crippen molar-refractivity contribution in [3.8, 4) is 33.5 Å². The predicted octanol–water partition coefficient (Wildman–Crippen LogP) is 5.36. The number of carbonyl (C=O) groups excluding carboxylic acids is 1. The van der Waals surface area contributed by atoms with Crippen molar-refractivity contribution in [2.24, 2.45) is 0 Å². The Morgan fingerprint density at radius 1 is 1.00 bits per heavy atom. The van der Waals surface area contributed by atoms with Crippen LogP contribution in [0.5, 0.6) is 11.5 Å². The van der Waals surface area contributed by atoms with E-state index in [0.29, 0.717) is 34.6 Å². The largest absolute Gasteiger partial charge is 0.493 e. The molecular formula is C25H26N4O4S. The lowest BCUT2D eigenvalue weighted by atomic mass is 9.97. The monoisotopic (exact) mass is 478 g/mol. The van der Waals surface area contributed by atoms with Gasteiger partial charge in [-0.05, 0) is 42.5 Å². The first-order chi connectivity index (χ1) is 16.3. The minimum atomic E-state index is -0.214. The lowest BCUT2D eigenvalue weighted by Gasteiger charge is -2.10. The smallest absolute Gasteiger partial charge is 0.232 e. The summed E-state index contributed by atoms with van der Waals surface area (Å²) >= 11 is 1.48. The molecule has 0 aliphatic rings. The molecule has 8 nitrogen and oxygen atoms in total. The average Bonchev–Trinajstić information content (AvgIpc) is 3.49. The minimum Gasteiger partial charge on any atom is -0.493 e. The van der Waals surface area contributed by atoms with E-state index in [1.54, 1.807) is 14.2 Å². The molecule has 0 spiro atoms. The Morgan fingerprint density at radius 2 is 1.71 bits per heavy atom. The number of nitrogens with one attached hydrogen (secondary N) is 1. The number of amides is 1. The highest BCUT2D eigenvalue weighted by Gasteiger charge is 2.22. The molecule has 4 aromatic rings. The van der Waals surface area contributed by atoms with Gasteiger partial charge in [-0.3, -0.25) is 4.79 Å². The normalized spacial score (nSPS) is 11.3. The average molecular weight is 479 g/mol. The van der Waals surface area contributed by atoms with Gasteiger partial charge in [0.15, 0.2) is 11.5 Å². The van der Waals surface area contributed by atoms with E-state index in [9.17, 15) is 4.79 Å². The second-order valence-corrected chi connectivity index (χ2v) is 9.55. The number of carbonyl (C=O) groups is 1. The Morgan fingerprint density at radius 3 is 2.35 bits per heavy atom. The van der Waals surface area contributed by atoms with Gasteiger partial charge in [0.2, 0.25) is 17.6 Å². The molecule has 0 atom stereocenters. The first-order valence-electron chi connectivity index (χ1n) is 10.7. The van der Waals surface area contributed by atoms with Crippen molar-refractivity contribution in [2.75, 3.05) is 19.5 Å². The third-order valence-electron chi connectivity index (χ3n) is 5.02. The molecule has 0 fully saturated rings. The maximum absolute atomic E-state index is 12.6. The van der Waals surface area contributed by atoms with Gasteiger partial charge in [-0.2, -0.15) is 4.98 Å². The Balaban J connectivity index is 1.39. The minimum absolute atomic E-state index is 0.147. The Labute approximate surface area is 202 Å². The number of ether oxygens (including phenoxy) is 2. The van der Waals surface area contributed by atoms with Crippen LogP contribution in [0, 0.1) is 0 Å². The van der Waals surface area contributed by atoms with Crippen LogP contribution in [0.25, 0.3) is 22.0 Å². The van der Waals surface area contributed by atoms with Gasteiger partial charge in [0, 0.05) is 27.6 Å². The van der Waals surface area contributed by atoms with Gasteiger partial charge in [0.25, 0.3) is 0 Å². The first kappa shape index (κ1) is 23.4. The van der Waals surface area contributed by atoms with Crippen LogP contribution in [-0.2, 0) is 16.6 Å². The molecule has 176 valence electrons. The number of thiazole rings is 1.